The summed E-state index contributed by atoms with van der Waals surface area (Å²) in [5.41, 5.74) is 0. The van der Waals surface area contributed by atoms with Crippen LogP contribution < -0.4 is 0 Å². The zero-order valence-corrected chi connectivity index (χ0v) is 4.58. The van der Waals surface area contributed by atoms with Crippen molar-refractivity contribution < 1.29 is 5.11 Å². The highest BCUT2D eigenvalue weighted by Crippen LogP contribution is 2.01. The maximum atomic E-state index is 10.1. The third-order valence-electron chi connectivity index (χ3n) is 1.12. The van der Waals surface area contributed by atoms with E-state index in [9.17, 15) is 5.11 Å². The molecule has 0 aromatic heterocycles. The summed E-state index contributed by atoms with van der Waals surface area (Å²) in [5.74, 6) is 0. The van der Waals surface area contributed by atoms with Crippen LogP contribution in [0.4, 0.5) is 0 Å². The Bertz CT molecular complexity index is 118. The van der Waals surface area contributed by atoms with Crippen LogP contribution in [0.2, 0.25) is 0 Å². The van der Waals surface area contributed by atoms with Crippen molar-refractivity contribution in [3.63, 3.8) is 0 Å². The lowest BCUT2D eigenvalue weighted by Gasteiger charge is -2.05. The molecule has 0 aromatic rings. The lowest BCUT2D eigenvalue weighted by molar-refractivity contribution is 0.174. The minimum absolute atomic E-state index is 0.0139. The molecule has 0 saturated heterocycles. The summed E-state index contributed by atoms with van der Waals surface area (Å²) < 4.78 is 0. The van der Waals surface area contributed by atoms with Gasteiger partial charge in [0, 0.05) is 6.21 Å². The Hall–Kier alpha value is -0.630. The predicted octanol–water partition coefficient (Wildman–Crippen LogP) is 0.816. The molecule has 1 heterocycles. The second kappa shape index (κ2) is 2.62. The molecule has 1 rings (SSSR count). The van der Waals surface area contributed by atoms with E-state index in [0.717, 1.165) is 6.42 Å². The molecule has 1 atom stereocenters. The van der Waals surface area contributed by atoms with Gasteiger partial charge in [0.25, 0.3) is 0 Å². The number of allylic oxidation sites excluding steroid dienone is 1. The van der Waals surface area contributed by atoms with Gasteiger partial charge in [-0.25, -0.2) is 5.11 Å². The van der Waals surface area contributed by atoms with Gasteiger partial charge < -0.3 is 0 Å². The topological polar surface area (TPSA) is 32.3 Å². The van der Waals surface area contributed by atoms with Gasteiger partial charge in [0.05, 0.1) is 6.04 Å². The van der Waals surface area contributed by atoms with Crippen LogP contribution in [0.25, 0.3) is 0 Å². The number of aliphatic imine (C=N–C) groups is 1. The Morgan fingerprint density at radius 3 is 3.00 bits per heavy atom. The number of hydrogen-bond acceptors (Lipinski definition) is 1. The lowest BCUT2D eigenvalue weighted by atomic mass is 10.2. The zero-order valence-electron chi connectivity index (χ0n) is 4.58. The average molecular weight is 110 g/mol. The van der Waals surface area contributed by atoms with Crippen LogP contribution in [-0.4, -0.2) is 18.9 Å². The fourth-order valence-corrected chi connectivity index (χ4v) is 0.640. The molecule has 1 aliphatic heterocycles. The van der Waals surface area contributed by atoms with E-state index in [1.807, 2.05) is 12.2 Å². The third-order valence-corrected chi connectivity index (χ3v) is 1.12. The molecular formula is C6H8NO. The Balaban J connectivity index is 2.40. The Kier molecular flexibility index (Phi) is 1.80. The van der Waals surface area contributed by atoms with E-state index in [4.69, 9.17) is 0 Å². The molecule has 0 amide bonds. The minimum atomic E-state index is -0.0825. The standard InChI is InChI=1S/C6H8NO/c8-5-6-3-1-2-4-7-6/h1-2,4,6H,3,5H2. The molecule has 0 aliphatic carbocycles. The molecule has 0 aromatic carbocycles. The first-order valence-corrected chi connectivity index (χ1v) is 2.70. The van der Waals surface area contributed by atoms with E-state index < -0.39 is 0 Å². The Morgan fingerprint density at radius 2 is 2.62 bits per heavy atom. The van der Waals surface area contributed by atoms with Crippen molar-refractivity contribution in [2.45, 2.75) is 12.5 Å². The van der Waals surface area contributed by atoms with Gasteiger partial charge in [-0.15, -0.1) is 0 Å². The van der Waals surface area contributed by atoms with Crippen molar-refractivity contribution in [3.8, 4) is 0 Å². The molecule has 43 valence electrons. The molecule has 8 heavy (non-hydrogen) atoms. The van der Waals surface area contributed by atoms with Crippen LogP contribution >= 0.6 is 0 Å². The highest BCUT2D eigenvalue weighted by molar-refractivity contribution is 5.72. The molecule has 0 N–H and O–H groups in total. The van der Waals surface area contributed by atoms with Gasteiger partial charge in [0.2, 0.25) is 0 Å². The van der Waals surface area contributed by atoms with Crippen molar-refractivity contribution in [1.82, 2.24) is 0 Å². The molecular weight excluding hydrogens is 102 g/mol. The molecule has 0 saturated carbocycles. The third kappa shape index (κ3) is 1.17. The molecule has 1 radical (unpaired) electrons. The normalized spacial score (nSPS) is 26.4. The summed E-state index contributed by atoms with van der Waals surface area (Å²) in [6.45, 7) is -0.0825. The van der Waals surface area contributed by atoms with E-state index in [-0.39, 0.29) is 12.6 Å². The van der Waals surface area contributed by atoms with Crippen molar-refractivity contribution in [3.05, 3.63) is 12.2 Å². The first kappa shape index (κ1) is 5.51. The molecule has 1 unspecified atom stereocenters. The number of hydrogen-bond donors (Lipinski definition) is 0. The van der Waals surface area contributed by atoms with Crippen LogP contribution in [0.1, 0.15) is 6.42 Å². The van der Waals surface area contributed by atoms with Crippen molar-refractivity contribution in [2.75, 3.05) is 6.61 Å². The summed E-state index contributed by atoms with van der Waals surface area (Å²) in [7, 11) is 0. The van der Waals surface area contributed by atoms with E-state index in [1.54, 1.807) is 6.21 Å². The maximum absolute atomic E-state index is 10.1. The molecule has 2 nitrogen and oxygen atoms in total. The van der Waals surface area contributed by atoms with Gasteiger partial charge >= 0.3 is 0 Å². The van der Waals surface area contributed by atoms with Crippen LogP contribution in [0.5, 0.6) is 0 Å². The molecule has 0 bridgehead atoms. The minimum Gasteiger partial charge on any atom is -0.287 e. The van der Waals surface area contributed by atoms with Crippen molar-refractivity contribution in [2.24, 2.45) is 4.99 Å². The molecule has 1 aliphatic rings. The quantitative estimate of drug-likeness (QED) is 0.478. The fourth-order valence-electron chi connectivity index (χ4n) is 0.640. The predicted molar refractivity (Wildman–Crippen MR) is 31.6 cm³/mol. The summed E-state index contributed by atoms with van der Waals surface area (Å²) in [6.07, 6.45) is 6.34. The molecule has 0 spiro atoms. The zero-order chi connectivity index (χ0) is 5.82. The van der Waals surface area contributed by atoms with Gasteiger partial charge in [-0.1, -0.05) is 6.08 Å². The smallest absolute Gasteiger partial charge is 0.105 e. The highest BCUT2D eigenvalue weighted by atomic mass is 16.3. The first-order valence-electron chi connectivity index (χ1n) is 2.70. The fraction of sp³-hybridized carbons (Fsp3) is 0.500. The van der Waals surface area contributed by atoms with Crippen molar-refractivity contribution in [1.29, 1.82) is 0 Å². The second-order valence-corrected chi connectivity index (χ2v) is 1.78. The van der Waals surface area contributed by atoms with Crippen molar-refractivity contribution >= 4 is 6.21 Å². The average Bonchev–Trinajstić information content (AvgIpc) is 1.90. The largest absolute Gasteiger partial charge is 0.287 e. The summed E-state index contributed by atoms with van der Waals surface area (Å²) in [6, 6.07) is 0.0139. The van der Waals surface area contributed by atoms with Crippen LogP contribution in [0.15, 0.2) is 17.1 Å². The summed E-state index contributed by atoms with van der Waals surface area (Å²) in [4.78, 5) is 3.92. The van der Waals surface area contributed by atoms with Gasteiger partial charge in [0.15, 0.2) is 0 Å². The highest BCUT2D eigenvalue weighted by Gasteiger charge is 2.02. The van der Waals surface area contributed by atoms with Gasteiger partial charge in [0.1, 0.15) is 6.61 Å². The number of rotatable bonds is 1. The number of dihydropyridines is 1. The van der Waals surface area contributed by atoms with E-state index in [0.29, 0.717) is 0 Å². The van der Waals surface area contributed by atoms with Gasteiger partial charge in [-0.05, 0) is 12.5 Å². The SMILES string of the molecule is [O]CC1CC=CC=N1. The Morgan fingerprint density at radius 1 is 1.75 bits per heavy atom. The van der Waals surface area contributed by atoms with Crippen LogP contribution in [-0.2, 0) is 5.11 Å². The van der Waals surface area contributed by atoms with Gasteiger partial charge in [-0.2, -0.15) is 0 Å². The first-order chi connectivity index (χ1) is 3.93. The maximum Gasteiger partial charge on any atom is 0.105 e. The van der Waals surface area contributed by atoms with Crippen LogP contribution in [0, 0.1) is 0 Å². The molecule has 2 heteroatoms. The monoisotopic (exact) mass is 110 g/mol. The summed E-state index contributed by atoms with van der Waals surface area (Å²) >= 11 is 0. The molecule has 0 fully saturated rings. The second-order valence-electron chi connectivity index (χ2n) is 1.78. The van der Waals surface area contributed by atoms with E-state index in [1.165, 1.54) is 0 Å². The van der Waals surface area contributed by atoms with Gasteiger partial charge in [-0.3, -0.25) is 4.99 Å². The summed E-state index contributed by atoms with van der Waals surface area (Å²) in [5, 5.41) is 10.1. The number of nitrogens with zero attached hydrogens (tertiary/aromatic N) is 1. The Labute approximate surface area is 48.6 Å². The van der Waals surface area contributed by atoms with E-state index in [2.05, 4.69) is 4.99 Å². The lowest BCUT2D eigenvalue weighted by Crippen LogP contribution is -2.09. The van der Waals surface area contributed by atoms with E-state index >= 15 is 0 Å². The van der Waals surface area contributed by atoms with Crippen LogP contribution in [0.3, 0.4) is 0 Å².